The van der Waals surface area contributed by atoms with Gasteiger partial charge in [-0.05, 0) is 38.2 Å². The second kappa shape index (κ2) is 14.0. The molecule has 0 bridgehead atoms. The van der Waals surface area contributed by atoms with Gasteiger partial charge in [-0.2, -0.15) is 0 Å². The number of likely N-dealkylation sites (tertiary alicyclic amines) is 1. The van der Waals surface area contributed by atoms with E-state index in [9.17, 15) is 24.0 Å². The Hall–Kier alpha value is -3.89. The van der Waals surface area contributed by atoms with Crippen molar-refractivity contribution in [2.24, 2.45) is 5.41 Å². The number of amides is 3. The molecule has 1 fully saturated rings. The van der Waals surface area contributed by atoms with Crippen LogP contribution in [0.1, 0.15) is 59.9 Å². The Labute approximate surface area is 235 Å². The summed E-state index contributed by atoms with van der Waals surface area (Å²) in [6, 6.07) is 5.73. The number of ether oxygens (including phenoxy) is 3. The number of rotatable bonds is 11. The van der Waals surface area contributed by atoms with Crippen LogP contribution in [0, 0.1) is 5.41 Å². The van der Waals surface area contributed by atoms with E-state index in [1.54, 1.807) is 65.8 Å². The number of hydrogen-bond donors (Lipinski definition) is 2. The normalized spacial score (nSPS) is 16.4. The summed E-state index contributed by atoms with van der Waals surface area (Å²) in [5.41, 5.74) is -0.856. The number of benzene rings is 1. The molecule has 1 aromatic carbocycles. The molecule has 1 heterocycles. The summed E-state index contributed by atoms with van der Waals surface area (Å²) in [5.74, 6) is -2.52. The zero-order chi connectivity index (χ0) is 30.1. The van der Waals surface area contributed by atoms with Crippen LogP contribution in [0.15, 0.2) is 43.0 Å². The predicted octanol–water partition coefficient (Wildman–Crippen LogP) is 2.87. The van der Waals surface area contributed by atoms with Crippen LogP contribution in [0.4, 0.5) is 4.79 Å². The highest BCUT2D eigenvalue weighted by Crippen LogP contribution is 2.27. The molecule has 1 aromatic rings. The Balaban J connectivity index is 2.18. The van der Waals surface area contributed by atoms with Crippen molar-refractivity contribution in [2.75, 3.05) is 13.2 Å². The van der Waals surface area contributed by atoms with E-state index >= 15 is 0 Å². The van der Waals surface area contributed by atoms with Crippen molar-refractivity contribution in [1.82, 2.24) is 15.5 Å². The summed E-state index contributed by atoms with van der Waals surface area (Å²) in [4.78, 5) is 65.8. The summed E-state index contributed by atoms with van der Waals surface area (Å²) in [6.45, 7) is 14.1. The van der Waals surface area contributed by atoms with Crippen molar-refractivity contribution in [3.05, 3.63) is 48.6 Å². The van der Waals surface area contributed by atoms with Crippen molar-refractivity contribution in [1.29, 1.82) is 0 Å². The molecular weight excluding hydrogens is 518 g/mol. The van der Waals surface area contributed by atoms with Crippen LogP contribution in [0.25, 0.3) is 0 Å². The second-order valence-corrected chi connectivity index (χ2v) is 11.6. The number of hydrogen-bond acceptors (Lipinski definition) is 8. The third-order valence-electron chi connectivity index (χ3n) is 5.93. The molecule has 0 spiro atoms. The summed E-state index contributed by atoms with van der Waals surface area (Å²) < 4.78 is 15.7. The van der Waals surface area contributed by atoms with E-state index in [-0.39, 0.29) is 13.2 Å². The average Bonchev–Trinajstić information content (AvgIpc) is 2.82. The molecule has 0 unspecified atom stereocenters. The van der Waals surface area contributed by atoms with E-state index in [0.29, 0.717) is 13.0 Å². The number of alkyl carbamates (subject to hydrolysis) is 1. The minimum Gasteiger partial charge on any atom is -0.460 e. The van der Waals surface area contributed by atoms with Gasteiger partial charge in [-0.15, -0.1) is 0 Å². The Bertz CT molecular complexity index is 1070. The lowest BCUT2D eigenvalue weighted by atomic mass is 9.84. The van der Waals surface area contributed by atoms with Crippen LogP contribution in [0.5, 0.6) is 0 Å². The standard InChI is InChI=1S/C29H41N3O8/c1-8-16-38-26(36)21-14-15-32(21)25(35)23(28(2,3)4)31-24(34)20(17-22(33)40-29(5,6)7)30-27(37)39-18-19-12-10-9-11-13-19/h8-13,20-21,23H,1,14-18H2,2-7H3,(H,30,37)(H,31,34)/t20-,21+,23-/m0/s1. The first-order valence-corrected chi connectivity index (χ1v) is 13.2. The molecule has 1 aliphatic rings. The SMILES string of the molecule is C=CCOC(=O)[C@H]1CCN1C(=O)[C@H](NC(=O)[C@H](CC(=O)OC(C)(C)C)NC(=O)OCc1ccccc1)C(C)(C)C. The van der Waals surface area contributed by atoms with Crippen LogP contribution in [-0.4, -0.2) is 71.6 Å². The number of carbonyl (C=O) groups is 5. The largest absolute Gasteiger partial charge is 0.460 e. The fraction of sp³-hybridized carbons (Fsp3) is 0.552. The molecule has 11 heteroatoms. The fourth-order valence-corrected chi connectivity index (χ4v) is 3.86. The third kappa shape index (κ3) is 10.0. The van der Waals surface area contributed by atoms with Crippen LogP contribution < -0.4 is 10.6 Å². The van der Waals surface area contributed by atoms with Crippen molar-refractivity contribution < 1.29 is 38.2 Å². The van der Waals surface area contributed by atoms with E-state index in [1.807, 2.05) is 6.07 Å². The minimum atomic E-state index is -1.39. The highest BCUT2D eigenvalue weighted by Gasteiger charge is 2.45. The zero-order valence-corrected chi connectivity index (χ0v) is 24.2. The molecular formula is C29H41N3O8. The van der Waals surface area contributed by atoms with Gasteiger partial charge in [-0.1, -0.05) is 63.8 Å². The second-order valence-electron chi connectivity index (χ2n) is 11.6. The minimum absolute atomic E-state index is 0.0230. The highest BCUT2D eigenvalue weighted by atomic mass is 16.6. The van der Waals surface area contributed by atoms with Crippen LogP contribution in [-0.2, 0) is 40.0 Å². The summed E-state index contributed by atoms with van der Waals surface area (Å²) >= 11 is 0. The van der Waals surface area contributed by atoms with E-state index in [4.69, 9.17) is 14.2 Å². The maximum atomic E-state index is 13.5. The molecule has 0 aliphatic carbocycles. The molecule has 0 saturated carbocycles. The van der Waals surface area contributed by atoms with E-state index in [1.165, 1.54) is 11.0 Å². The molecule has 40 heavy (non-hydrogen) atoms. The smallest absolute Gasteiger partial charge is 0.408 e. The Morgan fingerprint density at radius 3 is 2.20 bits per heavy atom. The number of nitrogens with one attached hydrogen (secondary N) is 2. The van der Waals surface area contributed by atoms with E-state index in [0.717, 1.165) is 5.56 Å². The Kier molecular flexibility index (Phi) is 11.3. The third-order valence-corrected chi connectivity index (χ3v) is 5.93. The van der Waals surface area contributed by atoms with Gasteiger partial charge < -0.3 is 29.7 Å². The Morgan fingerprint density at radius 1 is 1.02 bits per heavy atom. The molecule has 1 saturated heterocycles. The van der Waals surface area contributed by atoms with Crippen molar-refractivity contribution in [3.63, 3.8) is 0 Å². The lowest BCUT2D eigenvalue weighted by Crippen LogP contribution is -2.64. The van der Waals surface area contributed by atoms with Crippen LogP contribution >= 0.6 is 0 Å². The maximum Gasteiger partial charge on any atom is 0.408 e. The first-order valence-electron chi connectivity index (χ1n) is 13.2. The van der Waals surface area contributed by atoms with Gasteiger partial charge in [0.15, 0.2) is 0 Å². The van der Waals surface area contributed by atoms with Crippen LogP contribution in [0.3, 0.4) is 0 Å². The first kappa shape index (κ1) is 32.3. The number of nitrogens with zero attached hydrogens (tertiary/aromatic N) is 1. The monoisotopic (exact) mass is 559 g/mol. The van der Waals surface area contributed by atoms with Gasteiger partial charge in [-0.3, -0.25) is 14.4 Å². The molecule has 220 valence electrons. The van der Waals surface area contributed by atoms with Gasteiger partial charge in [-0.25, -0.2) is 9.59 Å². The molecule has 2 rings (SSSR count). The first-order chi connectivity index (χ1) is 18.6. The predicted molar refractivity (Wildman–Crippen MR) is 147 cm³/mol. The van der Waals surface area contributed by atoms with Crippen LogP contribution in [0.2, 0.25) is 0 Å². The van der Waals surface area contributed by atoms with Gasteiger partial charge in [0.2, 0.25) is 11.8 Å². The molecule has 0 aromatic heterocycles. The van der Waals surface area contributed by atoms with E-state index < -0.39 is 65.4 Å². The Morgan fingerprint density at radius 2 is 1.68 bits per heavy atom. The highest BCUT2D eigenvalue weighted by molar-refractivity contribution is 5.95. The number of esters is 2. The van der Waals surface area contributed by atoms with Crippen molar-refractivity contribution in [2.45, 2.75) is 84.7 Å². The average molecular weight is 560 g/mol. The lowest BCUT2D eigenvalue weighted by Gasteiger charge is -2.43. The summed E-state index contributed by atoms with van der Waals surface area (Å²) in [7, 11) is 0. The van der Waals surface area contributed by atoms with Crippen molar-refractivity contribution >= 4 is 29.8 Å². The van der Waals surface area contributed by atoms with Gasteiger partial charge in [0, 0.05) is 6.54 Å². The summed E-state index contributed by atoms with van der Waals surface area (Å²) in [6.07, 6.45) is 0.458. The molecule has 11 nitrogen and oxygen atoms in total. The van der Waals surface area contributed by atoms with Gasteiger partial charge in [0.25, 0.3) is 0 Å². The quantitative estimate of drug-likeness (QED) is 0.240. The molecule has 1 aliphatic heterocycles. The van der Waals surface area contributed by atoms with Gasteiger partial charge in [0.1, 0.15) is 36.9 Å². The summed E-state index contributed by atoms with van der Waals surface area (Å²) in [5, 5.41) is 5.10. The van der Waals surface area contributed by atoms with Gasteiger partial charge in [0.05, 0.1) is 6.42 Å². The van der Waals surface area contributed by atoms with E-state index in [2.05, 4.69) is 17.2 Å². The molecule has 3 amide bonds. The fourth-order valence-electron chi connectivity index (χ4n) is 3.86. The van der Waals surface area contributed by atoms with Crippen molar-refractivity contribution in [3.8, 4) is 0 Å². The molecule has 0 radical (unpaired) electrons. The number of carbonyl (C=O) groups excluding carboxylic acids is 5. The maximum absolute atomic E-state index is 13.5. The topological polar surface area (TPSA) is 140 Å². The molecule has 2 N–H and O–H groups in total. The van der Waals surface area contributed by atoms with Gasteiger partial charge >= 0.3 is 18.0 Å². The lowest BCUT2D eigenvalue weighted by molar-refractivity contribution is -0.163. The molecule has 3 atom stereocenters. The zero-order valence-electron chi connectivity index (χ0n) is 24.2.